The van der Waals surface area contributed by atoms with Crippen LogP contribution in [0, 0.1) is 11.8 Å². The highest BCUT2D eigenvalue weighted by Crippen LogP contribution is 2.06. The standard InChI is InChI=1S/C17H31N3O5/c1-9(2)11(5)18-16(23)13(8-14(22)25-7)20-17(24)15(10(3)4)19-12(6)21/h9-11,13,15H,8H2,1-7H3,(H,18,23)(H,19,21)(H,20,24)/t11-,13+,15+/m1/s1. The molecule has 3 N–H and O–H groups in total. The fourth-order valence-electron chi connectivity index (χ4n) is 1.97. The molecule has 0 heterocycles. The lowest BCUT2D eigenvalue weighted by atomic mass is 10.0. The predicted molar refractivity (Wildman–Crippen MR) is 93.4 cm³/mol. The number of methoxy groups -OCH3 is 1. The zero-order valence-corrected chi connectivity index (χ0v) is 16.1. The molecule has 0 unspecified atom stereocenters. The van der Waals surface area contributed by atoms with Gasteiger partial charge in [0.1, 0.15) is 12.1 Å². The molecule has 8 heteroatoms. The van der Waals surface area contributed by atoms with Crippen LogP contribution in [0.4, 0.5) is 0 Å². The van der Waals surface area contributed by atoms with E-state index in [-0.39, 0.29) is 30.2 Å². The number of nitrogens with one attached hydrogen (secondary N) is 3. The Bertz CT molecular complexity index is 491. The van der Waals surface area contributed by atoms with E-state index >= 15 is 0 Å². The van der Waals surface area contributed by atoms with Gasteiger partial charge < -0.3 is 20.7 Å². The van der Waals surface area contributed by atoms with Gasteiger partial charge in [0.25, 0.3) is 0 Å². The van der Waals surface area contributed by atoms with E-state index in [9.17, 15) is 19.2 Å². The molecule has 0 aliphatic rings. The number of carbonyl (C=O) groups is 4. The Labute approximate surface area is 149 Å². The van der Waals surface area contributed by atoms with Crippen molar-refractivity contribution in [2.75, 3.05) is 7.11 Å². The number of rotatable bonds is 9. The SMILES string of the molecule is COC(=O)C[C@H](NC(=O)[C@@H](NC(C)=O)C(C)C)C(=O)N[C@H](C)C(C)C. The monoisotopic (exact) mass is 357 g/mol. The van der Waals surface area contributed by atoms with Crippen molar-refractivity contribution in [3.63, 3.8) is 0 Å². The van der Waals surface area contributed by atoms with Crippen molar-refractivity contribution in [1.29, 1.82) is 0 Å². The van der Waals surface area contributed by atoms with Crippen LogP contribution in [0.25, 0.3) is 0 Å². The molecular formula is C17H31N3O5. The van der Waals surface area contributed by atoms with Crippen LogP contribution in [0.5, 0.6) is 0 Å². The zero-order valence-electron chi connectivity index (χ0n) is 16.1. The molecule has 0 saturated carbocycles. The Morgan fingerprint density at radius 1 is 0.840 bits per heavy atom. The largest absolute Gasteiger partial charge is 0.469 e. The molecular weight excluding hydrogens is 326 g/mol. The molecule has 8 nitrogen and oxygen atoms in total. The molecule has 0 rings (SSSR count). The maximum Gasteiger partial charge on any atom is 0.308 e. The molecule has 144 valence electrons. The molecule has 3 atom stereocenters. The van der Waals surface area contributed by atoms with E-state index in [1.165, 1.54) is 14.0 Å². The Balaban J connectivity index is 5.20. The molecule has 0 bridgehead atoms. The van der Waals surface area contributed by atoms with E-state index in [4.69, 9.17) is 0 Å². The predicted octanol–water partition coefficient (Wildman–Crippen LogP) is 0.356. The first kappa shape index (κ1) is 22.9. The zero-order chi connectivity index (χ0) is 19.7. The topological polar surface area (TPSA) is 114 Å². The van der Waals surface area contributed by atoms with E-state index in [2.05, 4.69) is 20.7 Å². The summed E-state index contributed by atoms with van der Waals surface area (Å²) >= 11 is 0. The number of hydrogen-bond acceptors (Lipinski definition) is 5. The summed E-state index contributed by atoms with van der Waals surface area (Å²) in [5.41, 5.74) is 0. The minimum atomic E-state index is -1.07. The summed E-state index contributed by atoms with van der Waals surface area (Å²) in [4.78, 5) is 47.8. The van der Waals surface area contributed by atoms with E-state index in [0.717, 1.165) is 0 Å². The maximum absolute atomic E-state index is 12.5. The second kappa shape index (κ2) is 10.7. The van der Waals surface area contributed by atoms with Crippen molar-refractivity contribution in [2.24, 2.45) is 11.8 Å². The van der Waals surface area contributed by atoms with Gasteiger partial charge in [0.15, 0.2) is 0 Å². The highest BCUT2D eigenvalue weighted by Gasteiger charge is 2.30. The summed E-state index contributed by atoms with van der Waals surface area (Å²) in [5, 5.41) is 7.87. The van der Waals surface area contributed by atoms with Gasteiger partial charge in [-0.2, -0.15) is 0 Å². The fraction of sp³-hybridized carbons (Fsp3) is 0.765. The van der Waals surface area contributed by atoms with Crippen molar-refractivity contribution < 1.29 is 23.9 Å². The summed E-state index contributed by atoms with van der Waals surface area (Å²) in [7, 11) is 1.21. The summed E-state index contributed by atoms with van der Waals surface area (Å²) in [6, 6.07) is -2.00. The van der Waals surface area contributed by atoms with Crippen LogP contribution >= 0.6 is 0 Å². The molecule has 0 aromatic carbocycles. The quantitative estimate of drug-likeness (QED) is 0.516. The van der Waals surface area contributed by atoms with Gasteiger partial charge in [0, 0.05) is 13.0 Å². The van der Waals surface area contributed by atoms with Crippen LogP contribution in [0.2, 0.25) is 0 Å². The molecule has 3 amide bonds. The summed E-state index contributed by atoms with van der Waals surface area (Å²) < 4.78 is 4.60. The third-order valence-electron chi connectivity index (χ3n) is 3.91. The first-order valence-corrected chi connectivity index (χ1v) is 8.44. The van der Waals surface area contributed by atoms with Gasteiger partial charge in [-0.25, -0.2) is 0 Å². The van der Waals surface area contributed by atoms with E-state index < -0.39 is 29.9 Å². The van der Waals surface area contributed by atoms with Crippen LogP contribution in [-0.4, -0.2) is 48.9 Å². The van der Waals surface area contributed by atoms with Gasteiger partial charge in [-0.3, -0.25) is 19.2 Å². The third-order valence-corrected chi connectivity index (χ3v) is 3.91. The number of esters is 1. The lowest BCUT2D eigenvalue weighted by molar-refractivity contribution is -0.144. The van der Waals surface area contributed by atoms with Crippen LogP contribution < -0.4 is 16.0 Å². The van der Waals surface area contributed by atoms with Crippen LogP contribution in [-0.2, 0) is 23.9 Å². The third kappa shape index (κ3) is 8.51. The normalized spacial score (nSPS) is 14.4. The first-order valence-electron chi connectivity index (χ1n) is 8.44. The Hall–Kier alpha value is -2.12. The summed E-state index contributed by atoms with van der Waals surface area (Å²) in [6.45, 7) is 10.6. The van der Waals surface area contributed by atoms with E-state index in [1.54, 1.807) is 13.8 Å². The van der Waals surface area contributed by atoms with E-state index in [0.29, 0.717) is 0 Å². The molecule has 25 heavy (non-hydrogen) atoms. The van der Waals surface area contributed by atoms with Crippen molar-refractivity contribution in [3.05, 3.63) is 0 Å². The smallest absolute Gasteiger partial charge is 0.308 e. The van der Waals surface area contributed by atoms with Crippen LogP contribution in [0.3, 0.4) is 0 Å². The van der Waals surface area contributed by atoms with Crippen LogP contribution in [0.1, 0.15) is 48.0 Å². The Kier molecular flexibility index (Phi) is 9.78. The van der Waals surface area contributed by atoms with Gasteiger partial charge in [-0.1, -0.05) is 27.7 Å². The van der Waals surface area contributed by atoms with Gasteiger partial charge in [-0.15, -0.1) is 0 Å². The van der Waals surface area contributed by atoms with Crippen molar-refractivity contribution >= 4 is 23.7 Å². The highest BCUT2D eigenvalue weighted by atomic mass is 16.5. The lowest BCUT2D eigenvalue weighted by Gasteiger charge is -2.26. The Morgan fingerprint density at radius 2 is 1.40 bits per heavy atom. The van der Waals surface area contributed by atoms with Crippen molar-refractivity contribution in [1.82, 2.24) is 16.0 Å². The van der Waals surface area contributed by atoms with Crippen LogP contribution in [0.15, 0.2) is 0 Å². The van der Waals surface area contributed by atoms with E-state index in [1.807, 2.05) is 20.8 Å². The summed E-state index contributed by atoms with van der Waals surface area (Å²) in [5.74, 6) is -1.94. The molecule has 0 aromatic rings. The van der Waals surface area contributed by atoms with Gasteiger partial charge in [0.2, 0.25) is 17.7 Å². The first-order chi connectivity index (χ1) is 11.5. The molecule has 0 spiro atoms. The average molecular weight is 357 g/mol. The number of ether oxygens (including phenoxy) is 1. The fourth-order valence-corrected chi connectivity index (χ4v) is 1.97. The second-order valence-electron chi connectivity index (χ2n) is 6.80. The minimum absolute atomic E-state index is 0.124. The van der Waals surface area contributed by atoms with Crippen molar-refractivity contribution in [2.45, 2.75) is 66.1 Å². The van der Waals surface area contributed by atoms with Gasteiger partial charge in [-0.05, 0) is 18.8 Å². The second-order valence-corrected chi connectivity index (χ2v) is 6.80. The minimum Gasteiger partial charge on any atom is -0.469 e. The maximum atomic E-state index is 12.5. The summed E-state index contributed by atoms with van der Waals surface area (Å²) in [6.07, 6.45) is -0.288. The Morgan fingerprint density at radius 3 is 1.80 bits per heavy atom. The highest BCUT2D eigenvalue weighted by molar-refractivity contribution is 5.93. The molecule has 0 aromatic heterocycles. The van der Waals surface area contributed by atoms with Crippen molar-refractivity contribution in [3.8, 4) is 0 Å². The molecule has 0 aliphatic carbocycles. The number of hydrogen-bond donors (Lipinski definition) is 3. The number of amides is 3. The van der Waals surface area contributed by atoms with Gasteiger partial charge in [0.05, 0.1) is 13.5 Å². The molecule has 0 radical (unpaired) electrons. The average Bonchev–Trinajstić information content (AvgIpc) is 2.50. The van der Waals surface area contributed by atoms with Gasteiger partial charge >= 0.3 is 5.97 Å². The number of carbonyl (C=O) groups excluding carboxylic acids is 4. The molecule has 0 fully saturated rings. The lowest BCUT2D eigenvalue weighted by Crippen LogP contribution is -2.56. The molecule has 0 saturated heterocycles. The molecule has 0 aliphatic heterocycles.